The van der Waals surface area contributed by atoms with Crippen LogP contribution in [0.25, 0.3) is 0 Å². The first-order valence-electron chi connectivity index (χ1n) is 7.85. The molecule has 0 bridgehead atoms. The lowest BCUT2D eigenvalue weighted by Crippen LogP contribution is -2.27. The molecule has 1 amide bonds. The van der Waals surface area contributed by atoms with Crippen LogP contribution in [-0.2, 0) is 23.1 Å². The second kappa shape index (κ2) is 7.26. The van der Waals surface area contributed by atoms with E-state index in [1.165, 1.54) is 11.1 Å². The highest BCUT2D eigenvalue weighted by Crippen LogP contribution is 2.22. The molecule has 116 valence electrons. The van der Waals surface area contributed by atoms with Crippen LogP contribution in [-0.4, -0.2) is 12.5 Å². The van der Waals surface area contributed by atoms with Crippen LogP contribution in [0.1, 0.15) is 37.5 Å². The van der Waals surface area contributed by atoms with E-state index >= 15 is 0 Å². The lowest BCUT2D eigenvalue weighted by molar-refractivity contribution is -0.120. The van der Waals surface area contributed by atoms with Gasteiger partial charge in [0.1, 0.15) is 0 Å². The summed E-state index contributed by atoms with van der Waals surface area (Å²) in [4.78, 5) is 11.9. The molecule has 2 nitrogen and oxygen atoms in total. The van der Waals surface area contributed by atoms with Crippen LogP contribution >= 0.6 is 0 Å². The zero-order valence-electron chi connectivity index (χ0n) is 13.7. The molecular formula is C20H25NO. The largest absolute Gasteiger partial charge is 0.355 e. The number of hydrogen-bond donors (Lipinski definition) is 1. The first-order valence-corrected chi connectivity index (χ1v) is 7.85. The number of carbonyl (C=O) groups excluding carboxylic acids is 1. The van der Waals surface area contributed by atoms with Gasteiger partial charge in [-0.3, -0.25) is 4.79 Å². The van der Waals surface area contributed by atoms with Crippen molar-refractivity contribution in [2.75, 3.05) is 6.54 Å². The van der Waals surface area contributed by atoms with E-state index in [0.29, 0.717) is 13.0 Å². The zero-order valence-corrected chi connectivity index (χ0v) is 13.7. The fraction of sp³-hybridized carbons (Fsp3) is 0.350. The van der Waals surface area contributed by atoms with E-state index in [1.54, 1.807) is 0 Å². The maximum atomic E-state index is 11.9. The Labute approximate surface area is 133 Å². The first kappa shape index (κ1) is 16.3. The molecule has 2 rings (SSSR count). The molecule has 0 heterocycles. The molecular weight excluding hydrogens is 270 g/mol. The highest BCUT2D eigenvalue weighted by atomic mass is 16.1. The van der Waals surface area contributed by atoms with E-state index in [0.717, 1.165) is 12.0 Å². The average Bonchev–Trinajstić information content (AvgIpc) is 2.48. The maximum Gasteiger partial charge on any atom is 0.224 e. The Bertz CT molecular complexity index is 611. The molecule has 0 atom stereocenters. The van der Waals surface area contributed by atoms with Crippen LogP contribution < -0.4 is 5.32 Å². The molecule has 0 unspecified atom stereocenters. The van der Waals surface area contributed by atoms with Gasteiger partial charge in [-0.15, -0.1) is 0 Å². The third kappa shape index (κ3) is 5.03. The minimum absolute atomic E-state index is 0.0816. The fourth-order valence-corrected chi connectivity index (χ4v) is 2.38. The molecule has 0 saturated carbocycles. The van der Waals surface area contributed by atoms with Crippen molar-refractivity contribution in [3.63, 3.8) is 0 Å². The normalized spacial score (nSPS) is 11.2. The van der Waals surface area contributed by atoms with Crippen molar-refractivity contribution < 1.29 is 4.79 Å². The van der Waals surface area contributed by atoms with Gasteiger partial charge >= 0.3 is 0 Å². The molecule has 0 spiro atoms. The summed E-state index contributed by atoms with van der Waals surface area (Å²) in [6.45, 7) is 7.33. The molecule has 0 fully saturated rings. The third-order valence-electron chi connectivity index (χ3n) is 3.74. The molecule has 0 aromatic heterocycles. The molecule has 2 aromatic carbocycles. The smallest absolute Gasteiger partial charge is 0.224 e. The summed E-state index contributed by atoms with van der Waals surface area (Å²) in [6, 6.07) is 18.5. The molecule has 1 N–H and O–H groups in total. The van der Waals surface area contributed by atoms with E-state index in [4.69, 9.17) is 0 Å². The summed E-state index contributed by atoms with van der Waals surface area (Å²) in [7, 11) is 0. The number of nitrogens with one attached hydrogen (secondary N) is 1. The van der Waals surface area contributed by atoms with Gasteiger partial charge in [-0.25, -0.2) is 0 Å². The summed E-state index contributed by atoms with van der Waals surface area (Å²) < 4.78 is 0. The van der Waals surface area contributed by atoms with E-state index in [2.05, 4.69) is 50.4 Å². The van der Waals surface area contributed by atoms with Crippen LogP contribution in [0.4, 0.5) is 0 Å². The van der Waals surface area contributed by atoms with Crippen LogP contribution in [0.3, 0.4) is 0 Å². The minimum Gasteiger partial charge on any atom is -0.355 e. The van der Waals surface area contributed by atoms with Crippen molar-refractivity contribution >= 4 is 5.91 Å². The van der Waals surface area contributed by atoms with Gasteiger partial charge in [0.05, 0.1) is 6.42 Å². The second-order valence-corrected chi connectivity index (χ2v) is 6.71. The predicted octanol–water partition coefficient (Wildman–Crippen LogP) is 3.89. The van der Waals surface area contributed by atoms with Crippen molar-refractivity contribution in [2.24, 2.45) is 0 Å². The highest BCUT2D eigenvalue weighted by Gasteiger charge is 2.13. The number of benzene rings is 2. The molecule has 0 aliphatic carbocycles. The molecule has 0 saturated heterocycles. The number of rotatable bonds is 5. The Morgan fingerprint density at radius 1 is 0.955 bits per heavy atom. The second-order valence-electron chi connectivity index (χ2n) is 6.71. The number of amides is 1. The Balaban J connectivity index is 1.82. The Morgan fingerprint density at radius 2 is 1.64 bits per heavy atom. The SMILES string of the molecule is CC(C)(C)c1cccc(CCNC(=O)Cc2ccccc2)c1. The van der Waals surface area contributed by atoms with Gasteiger partial charge in [0.25, 0.3) is 0 Å². The quantitative estimate of drug-likeness (QED) is 0.891. The standard InChI is InChI=1S/C20H25NO/c1-20(2,3)18-11-7-10-17(14-18)12-13-21-19(22)15-16-8-5-4-6-9-16/h4-11,14H,12-13,15H2,1-3H3,(H,21,22). The number of carbonyl (C=O) groups is 1. The van der Waals surface area contributed by atoms with Crippen molar-refractivity contribution in [1.29, 1.82) is 0 Å². The fourth-order valence-electron chi connectivity index (χ4n) is 2.38. The topological polar surface area (TPSA) is 29.1 Å². The van der Waals surface area contributed by atoms with Gasteiger partial charge in [-0.05, 0) is 28.5 Å². The van der Waals surface area contributed by atoms with Gasteiger partial charge in [-0.2, -0.15) is 0 Å². The molecule has 0 aliphatic rings. The van der Waals surface area contributed by atoms with Gasteiger partial charge in [0.15, 0.2) is 0 Å². The lowest BCUT2D eigenvalue weighted by atomic mass is 9.86. The average molecular weight is 295 g/mol. The van der Waals surface area contributed by atoms with Crippen LogP contribution in [0, 0.1) is 0 Å². The molecule has 0 radical (unpaired) electrons. The first-order chi connectivity index (χ1) is 10.4. The van der Waals surface area contributed by atoms with Crippen LogP contribution in [0.5, 0.6) is 0 Å². The van der Waals surface area contributed by atoms with Crippen molar-refractivity contribution in [3.8, 4) is 0 Å². The Kier molecular flexibility index (Phi) is 5.37. The summed E-state index contributed by atoms with van der Waals surface area (Å²) in [6.07, 6.45) is 1.31. The van der Waals surface area contributed by atoms with Gasteiger partial charge in [0.2, 0.25) is 5.91 Å². The highest BCUT2D eigenvalue weighted by molar-refractivity contribution is 5.78. The number of hydrogen-bond acceptors (Lipinski definition) is 1. The maximum absolute atomic E-state index is 11.9. The predicted molar refractivity (Wildman–Crippen MR) is 92.0 cm³/mol. The van der Waals surface area contributed by atoms with Gasteiger partial charge in [0, 0.05) is 6.54 Å². The molecule has 0 aliphatic heterocycles. The minimum atomic E-state index is 0.0816. The van der Waals surface area contributed by atoms with Gasteiger partial charge < -0.3 is 5.32 Å². The molecule has 2 heteroatoms. The van der Waals surface area contributed by atoms with Crippen LogP contribution in [0.2, 0.25) is 0 Å². The molecule has 22 heavy (non-hydrogen) atoms. The van der Waals surface area contributed by atoms with Crippen molar-refractivity contribution in [1.82, 2.24) is 5.32 Å². The van der Waals surface area contributed by atoms with E-state index < -0.39 is 0 Å². The summed E-state index contributed by atoms with van der Waals surface area (Å²) in [5.74, 6) is 0.0816. The zero-order chi connectivity index (χ0) is 16.0. The summed E-state index contributed by atoms with van der Waals surface area (Å²) in [5, 5.41) is 3.00. The van der Waals surface area contributed by atoms with Crippen LogP contribution in [0.15, 0.2) is 54.6 Å². The van der Waals surface area contributed by atoms with Crippen molar-refractivity contribution in [2.45, 2.75) is 39.0 Å². The van der Waals surface area contributed by atoms with E-state index in [9.17, 15) is 4.79 Å². The molecule has 2 aromatic rings. The third-order valence-corrected chi connectivity index (χ3v) is 3.74. The summed E-state index contributed by atoms with van der Waals surface area (Å²) in [5.41, 5.74) is 3.81. The van der Waals surface area contributed by atoms with Gasteiger partial charge in [-0.1, -0.05) is 75.4 Å². The Morgan fingerprint density at radius 3 is 2.32 bits per heavy atom. The van der Waals surface area contributed by atoms with E-state index in [-0.39, 0.29) is 11.3 Å². The summed E-state index contributed by atoms with van der Waals surface area (Å²) >= 11 is 0. The lowest BCUT2D eigenvalue weighted by Gasteiger charge is -2.19. The Hall–Kier alpha value is -2.09. The van der Waals surface area contributed by atoms with Crippen molar-refractivity contribution in [3.05, 3.63) is 71.3 Å². The monoisotopic (exact) mass is 295 g/mol. The van der Waals surface area contributed by atoms with E-state index in [1.807, 2.05) is 30.3 Å².